The normalized spacial score (nSPS) is 17.6. The number of thiocarbonyl (C=S) groups is 1. The van der Waals surface area contributed by atoms with Crippen LogP contribution in [0.2, 0.25) is 0 Å². The first-order chi connectivity index (χ1) is 8.56. The zero-order valence-electron chi connectivity index (χ0n) is 10.9. The molecule has 0 unspecified atom stereocenters. The molecule has 1 aromatic heterocycles. The minimum Gasteiger partial charge on any atom is -0.388 e. The number of anilines is 1. The van der Waals surface area contributed by atoms with Crippen LogP contribution in [0.5, 0.6) is 0 Å². The number of hydrogen-bond donors (Lipinski definition) is 1. The van der Waals surface area contributed by atoms with Crippen molar-refractivity contribution in [3.05, 3.63) is 17.5 Å². The van der Waals surface area contributed by atoms with E-state index in [4.69, 9.17) is 18.0 Å². The average Bonchev–Trinajstić information content (AvgIpc) is 2.53. The van der Waals surface area contributed by atoms with Crippen molar-refractivity contribution in [2.24, 2.45) is 5.73 Å². The second kappa shape index (κ2) is 5.58. The van der Waals surface area contributed by atoms with Gasteiger partial charge < -0.3 is 15.5 Å². The third kappa shape index (κ3) is 3.14. The standard InChI is InChI=1S/C12H19N5S/c1-9-8-10(11(13)18)15-12(14-9)17-5-3-4-16(2)6-7-17/h8H,3-7H2,1-2H3,(H2,13,18). The van der Waals surface area contributed by atoms with E-state index in [1.807, 2.05) is 13.0 Å². The highest BCUT2D eigenvalue weighted by atomic mass is 32.1. The summed E-state index contributed by atoms with van der Waals surface area (Å²) in [4.78, 5) is 13.8. The SMILES string of the molecule is Cc1cc(C(N)=S)nc(N2CCCN(C)CC2)n1. The second-order valence-electron chi connectivity index (χ2n) is 4.70. The van der Waals surface area contributed by atoms with Crippen molar-refractivity contribution in [2.75, 3.05) is 38.1 Å². The van der Waals surface area contributed by atoms with E-state index in [-0.39, 0.29) is 0 Å². The molecule has 1 aliphatic heterocycles. The Labute approximate surface area is 113 Å². The van der Waals surface area contributed by atoms with Crippen molar-refractivity contribution in [1.29, 1.82) is 0 Å². The van der Waals surface area contributed by atoms with Crippen LogP contribution < -0.4 is 10.6 Å². The smallest absolute Gasteiger partial charge is 0.226 e. The molecule has 1 aromatic rings. The summed E-state index contributed by atoms with van der Waals surface area (Å²) in [7, 11) is 2.14. The van der Waals surface area contributed by atoms with Gasteiger partial charge in [-0.05, 0) is 33.0 Å². The van der Waals surface area contributed by atoms with Crippen molar-refractivity contribution in [3.8, 4) is 0 Å². The number of rotatable bonds is 2. The molecule has 18 heavy (non-hydrogen) atoms. The predicted octanol–water partition coefficient (Wildman–Crippen LogP) is 0.561. The summed E-state index contributed by atoms with van der Waals surface area (Å²) in [5, 5.41) is 0. The van der Waals surface area contributed by atoms with Gasteiger partial charge in [-0.1, -0.05) is 12.2 Å². The van der Waals surface area contributed by atoms with E-state index < -0.39 is 0 Å². The van der Waals surface area contributed by atoms with E-state index >= 15 is 0 Å². The minimum atomic E-state index is 0.327. The number of aromatic nitrogens is 2. The lowest BCUT2D eigenvalue weighted by atomic mass is 10.3. The summed E-state index contributed by atoms with van der Waals surface area (Å²) in [6, 6.07) is 1.83. The Bertz CT molecular complexity index is 448. The molecule has 0 atom stereocenters. The van der Waals surface area contributed by atoms with Crippen molar-refractivity contribution in [1.82, 2.24) is 14.9 Å². The Hall–Kier alpha value is -1.27. The summed E-state index contributed by atoms with van der Waals surface area (Å²) in [5.74, 6) is 0.744. The van der Waals surface area contributed by atoms with Crippen molar-refractivity contribution < 1.29 is 0 Å². The molecule has 1 fully saturated rings. The zero-order chi connectivity index (χ0) is 13.1. The third-order valence-electron chi connectivity index (χ3n) is 3.10. The van der Waals surface area contributed by atoms with E-state index in [2.05, 4.69) is 26.8 Å². The van der Waals surface area contributed by atoms with Crippen LogP contribution in [-0.4, -0.2) is 53.1 Å². The molecular weight excluding hydrogens is 246 g/mol. The quantitative estimate of drug-likeness (QED) is 0.789. The van der Waals surface area contributed by atoms with Gasteiger partial charge in [0.05, 0.1) is 0 Å². The highest BCUT2D eigenvalue weighted by molar-refractivity contribution is 7.80. The van der Waals surface area contributed by atoms with Crippen LogP contribution in [0.25, 0.3) is 0 Å². The summed E-state index contributed by atoms with van der Waals surface area (Å²) in [6.45, 7) is 6.00. The second-order valence-corrected chi connectivity index (χ2v) is 5.14. The Morgan fingerprint density at radius 3 is 2.78 bits per heavy atom. The molecule has 0 spiro atoms. The molecule has 98 valence electrons. The van der Waals surface area contributed by atoms with Gasteiger partial charge in [0.1, 0.15) is 10.7 Å². The van der Waals surface area contributed by atoms with Crippen LogP contribution in [0.4, 0.5) is 5.95 Å². The number of aryl methyl sites for hydroxylation is 1. The van der Waals surface area contributed by atoms with Crippen LogP contribution in [0, 0.1) is 6.92 Å². The predicted molar refractivity (Wildman–Crippen MR) is 77.0 cm³/mol. The molecular formula is C12H19N5S. The lowest BCUT2D eigenvalue weighted by Crippen LogP contribution is -2.31. The third-order valence-corrected chi connectivity index (χ3v) is 3.31. The lowest BCUT2D eigenvalue weighted by molar-refractivity contribution is 0.360. The van der Waals surface area contributed by atoms with E-state index in [1.54, 1.807) is 0 Å². The van der Waals surface area contributed by atoms with Crippen LogP contribution >= 0.6 is 12.2 Å². The van der Waals surface area contributed by atoms with Gasteiger partial charge in [0.2, 0.25) is 5.95 Å². The van der Waals surface area contributed by atoms with Gasteiger partial charge >= 0.3 is 0 Å². The first-order valence-corrected chi connectivity index (χ1v) is 6.56. The van der Waals surface area contributed by atoms with Gasteiger partial charge in [0.25, 0.3) is 0 Å². The highest BCUT2D eigenvalue weighted by Gasteiger charge is 2.16. The largest absolute Gasteiger partial charge is 0.388 e. The van der Waals surface area contributed by atoms with E-state index in [1.165, 1.54) is 0 Å². The number of nitrogens with zero attached hydrogens (tertiary/aromatic N) is 4. The fourth-order valence-electron chi connectivity index (χ4n) is 2.07. The topological polar surface area (TPSA) is 58.3 Å². The van der Waals surface area contributed by atoms with Gasteiger partial charge in [-0.15, -0.1) is 0 Å². The maximum atomic E-state index is 5.65. The van der Waals surface area contributed by atoms with Gasteiger partial charge in [0.15, 0.2) is 0 Å². The fourth-order valence-corrected chi connectivity index (χ4v) is 2.17. The van der Waals surface area contributed by atoms with E-state index in [0.717, 1.165) is 44.2 Å². The van der Waals surface area contributed by atoms with Crippen molar-refractivity contribution in [3.63, 3.8) is 0 Å². The Morgan fingerprint density at radius 2 is 2.06 bits per heavy atom. The monoisotopic (exact) mass is 265 g/mol. The maximum absolute atomic E-state index is 5.65. The first-order valence-electron chi connectivity index (χ1n) is 6.15. The molecule has 0 bridgehead atoms. The lowest BCUT2D eigenvalue weighted by Gasteiger charge is -2.21. The molecule has 2 heterocycles. The van der Waals surface area contributed by atoms with E-state index in [9.17, 15) is 0 Å². The minimum absolute atomic E-state index is 0.327. The summed E-state index contributed by atoms with van der Waals surface area (Å²) >= 11 is 4.99. The molecule has 0 aromatic carbocycles. The highest BCUT2D eigenvalue weighted by Crippen LogP contribution is 2.13. The average molecular weight is 265 g/mol. The molecule has 0 saturated carbocycles. The molecule has 6 heteroatoms. The van der Waals surface area contributed by atoms with Crippen LogP contribution in [-0.2, 0) is 0 Å². The summed E-state index contributed by atoms with van der Waals surface area (Å²) in [5.41, 5.74) is 7.21. The van der Waals surface area contributed by atoms with Crippen LogP contribution in [0.1, 0.15) is 17.8 Å². The first kappa shape index (κ1) is 13.2. The fraction of sp³-hybridized carbons (Fsp3) is 0.583. The molecule has 5 nitrogen and oxygen atoms in total. The molecule has 0 radical (unpaired) electrons. The van der Waals surface area contributed by atoms with Gasteiger partial charge in [-0.3, -0.25) is 0 Å². The van der Waals surface area contributed by atoms with Crippen LogP contribution in [0.3, 0.4) is 0 Å². The Morgan fingerprint density at radius 1 is 1.28 bits per heavy atom. The Balaban J connectivity index is 2.24. The van der Waals surface area contributed by atoms with Gasteiger partial charge in [-0.2, -0.15) is 0 Å². The van der Waals surface area contributed by atoms with Crippen molar-refractivity contribution in [2.45, 2.75) is 13.3 Å². The summed E-state index contributed by atoms with van der Waals surface area (Å²) in [6.07, 6.45) is 1.12. The number of hydrogen-bond acceptors (Lipinski definition) is 5. The number of nitrogens with two attached hydrogens (primary N) is 1. The maximum Gasteiger partial charge on any atom is 0.226 e. The molecule has 1 aliphatic rings. The van der Waals surface area contributed by atoms with Gasteiger partial charge in [0, 0.05) is 25.3 Å². The number of likely N-dealkylation sites (N-methyl/N-ethyl adjacent to an activating group) is 1. The molecule has 0 aliphatic carbocycles. The molecule has 2 rings (SSSR count). The summed E-state index contributed by atoms with van der Waals surface area (Å²) < 4.78 is 0. The van der Waals surface area contributed by atoms with Gasteiger partial charge in [-0.25, -0.2) is 9.97 Å². The molecule has 1 saturated heterocycles. The van der Waals surface area contributed by atoms with Crippen molar-refractivity contribution >= 4 is 23.2 Å². The Kier molecular flexibility index (Phi) is 4.08. The van der Waals surface area contributed by atoms with Crippen LogP contribution in [0.15, 0.2) is 6.07 Å². The van der Waals surface area contributed by atoms with E-state index in [0.29, 0.717) is 10.7 Å². The zero-order valence-corrected chi connectivity index (χ0v) is 11.7. The molecule has 0 amide bonds. The molecule has 2 N–H and O–H groups in total.